The van der Waals surface area contributed by atoms with Crippen LogP contribution in [0.3, 0.4) is 0 Å². The van der Waals surface area contributed by atoms with Crippen molar-refractivity contribution in [2.75, 3.05) is 5.32 Å². The van der Waals surface area contributed by atoms with Crippen LogP contribution in [0, 0.1) is 5.92 Å². The molecule has 90 valence electrons. The van der Waals surface area contributed by atoms with Crippen molar-refractivity contribution in [3.8, 4) is 0 Å². The number of aromatic nitrogens is 2. The first kappa shape index (κ1) is 13.4. The molecule has 0 radical (unpaired) electrons. The van der Waals surface area contributed by atoms with Gasteiger partial charge in [0.15, 0.2) is 0 Å². The van der Waals surface area contributed by atoms with E-state index >= 15 is 0 Å². The highest BCUT2D eigenvalue weighted by atomic mass is 79.9. The van der Waals surface area contributed by atoms with Crippen LogP contribution in [0.25, 0.3) is 0 Å². The van der Waals surface area contributed by atoms with Gasteiger partial charge in [0.1, 0.15) is 16.7 Å². The SMILES string of the molecule is CC(C)CCCC(C)Nc1cc(Br)ncn1. The van der Waals surface area contributed by atoms with Crippen molar-refractivity contribution in [2.45, 2.75) is 46.1 Å². The maximum absolute atomic E-state index is 4.17. The third kappa shape index (κ3) is 5.45. The van der Waals surface area contributed by atoms with Gasteiger partial charge in [-0.2, -0.15) is 0 Å². The minimum absolute atomic E-state index is 0.459. The second-order valence-electron chi connectivity index (χ2n) is 4.60. The second kappa shape index (κ2) is 6.84. The van der Waals surface area contributed by atoms with Crippen LogP contribution >= 0.6 is 15.9 Å². The Morgan fingerprint density at radius 3 is 2.62 bits per heavy atom. The lowest BCUT2D eigenvalue weighted by Gasteiger charge is -2.14. The van der Waals surface area contributed by atoms with Crippen molar-refractivity contribution < 1.29 is 0 Å². The zero-order valence-corrected chi connectivity index (χ0v) is 11.8. The van der Waals surface area contributed by atoms with Crippen LogP contribution in [0.2, 0.25) is 0 Å². The van der Waals surface area contributed by atoms with Crippen LogP contribution in [-0.4, -0.2) is 16.0 Å². The lowest BCUT2D eigenvalue weighted by molar-refractivity contribution is 0.520. The third-order valence-electron chi connectivity index (χ3n) is 2.45. The van der Waals surface area contributed by atoms with Crippen molar-refractivity contribution in [1.29, 1.82) is 0 Å². The summed E-state index contributed by atoms with van der Waals surface area (Å²) in [6.07, 6.45) is 5.30. The highest BCUT2D eigenvalue weighted by Crippen LogP contribution is 2.14. The standard InChI is InChI=1S/C12H20BrN3/c1-9(2)5-4-6-10(3)16-12-7-11(13)14-8-15-12/h7-10H,4-6H2,1-3H3,(H,14,15,16). The third-order valence-corrected chi connectivity index (χ3v) is 2.88. The van der Waals surface area contributed by atoms with E-state index in [2.05, 4.69) is 52.0 Å². The molecular weight excluding hydrogens is 266 g/mol. The van der Waals surface area contributed by atoms with E-state index in [0.29, 0.717) is 6.04 Å². The number of rotatable bonds is 6. The zero-order valence-electron chi connectivity index (χ0n) is 10.2. The molecule has 1 unspecified atom stereocenters. The lowest BCUT2D eigenvalue weighted by atomic mass is 10.0. The van der Waals surface area contributed by atoms with Crippen LogP contribution in [0.5, 0.6) is 0 Å². The van der Waals surface area contributed by atoms with Gasteiger partial charge >= 0.3 is 0 Å². The van der Waals surface area contributed by atoms with Gasteiger partial charge in [-0.25, -0.2) is 9.97 Å². The van der Waals surface area contributed by atoms with Crippen LogP contribution in [0.15, 0.2) is 17.0 Å². The van der Waals surface area contributed by atoms with Gasteiger partial charge in [-0.05, 0) is 35.2 Å². The van der Waals surface area contributed by atoms with E-state index < -0.39 is 0 Å². The molecule has 1 heterocycles. The Morgan fingerprint density at radius 2 is 2.00 bits per heavy atom. The Balaban J connectivity index is 2.31. The molecular formula is C12H20BrN3. The molecule has 0 bridgehead atoms. The van der Waals surface area contributed by atoms with Gasteiger partial charge in [-0.3, -0.25) is 0 Å². The number of hydrogen-bond donors (Lipinski definition) is 1. The molecule has 1 N–H and O–H groups in total. The van der Waals surface area contributed by atoms with Crippen LogP contribution in [-0.2, 0) is 0 Å². The smallest absolute Gasteiger partial charge is 0.130 e. The molecule has 0 amide bonds. The van der Waals surface area contributed by atoms with Crippen LogP contribution in [0.1, 0.15) is 40.0 Å². The van der Waals surface area contributed by atoms with Gasteiger partial charge in [-0.15, -0.1) is 0 Å². The van der Waals surface area contributed by atoms with Crippen molar-refractivity contribution in [1.82, 2.24) is 9.97 Å². The van der Waals surface area contributed by atoms with E-state index in [1.54, 1.807) is 6.33 Å². The molecule has 0 aromatic carbocycles. The summed E-state index contributed by atoms with van der Waals surface area (Å²) in [5.74, 6) is 1.68. The van der Waals surface area contributed by atoms with E-state index in [1.165, 1.54) is 19.3 Å². The van der Waals surface area contributed by atoms with E-state index in [0.717, 1.165) is 16.3 Å². The molecule has 4 heteroatoms. The Morgan fingerprint density at radius 1 is 1.25 bits per heavy atom. The maximum Gasteiger partial charge on any atom is 0.130 e. The second-order valence-corrected chi connectivity index (χ2v) is 5.41. The number of hydrogen-bond acceptors (Lipinski definition) is 3. The van der Waals surface area contributed by atoms with E-state index in [1.807, 2.05) is 6.07 Å². The molecule has 1 rings (SSSR count). The van der Waals surface area contributed by atoms with Crippen molar-refractivity contribution >= 4 is 21.7 Å². The molecule has 0 saturated heterocycles. The summed E-state index contributed by atoms with van der Waals surface area (Å²) in [6, 6.07) is 2.36. The van der Waals surface area contributed by atoms with Gasteiger partial charge in [-0.1, -0.05) is 26.7 Å². The van der Waals surface area contributed by atoms with E-state index in [4.69, 9.17) is 0 Å². The monoisotopic (exact) mass is 285 g/mol. The van der Waals surface area contributed by atoms with Gasteiger partial charge < -0.3 is 5.32 Å². The molecule has 0 saturated carbocycles. The predicted molar refractivity (Wildman–Crippen MR) is 71.5 cm³/mol. The van der Waals surface area contributed by atoms with E-state index in [-0.39, 0.29) is 0 Å². The van der Waals surface area contributed by atoms with Gasteiger partial charge in [0.2, 0.25) is 0 Å². The number of nitrogens with zero attached hydrogens (tertiary/aromatic N) is 2. The molecule has 1 aromatic heterocycles. The Kier molecular flexibility index (Phi) is 5.74. The molecule has 0 aliphatic rings. The minimum Gasteiger partial charge on any atom is -0.367 e. The first-order chi connectivity index (χ1) is 7.58. The number of nitrogens with one attached hydrogen (secondary N) is 1. The van der Waals surface area contributed by atoms with Gasteiger partial charge in [0.25, 0.3) is 0 Å². The quantitative estimate of drug-likeness (QED) is 0.807. The molecule has 0 aliphatic carbocycles. The Hall–Kier alpha value is -0.640. The highest BCUT2D eigenvalue weighted by Gasteiger charge is 2.04. The molecule has 16 heavy (non-hydrogen) atoms. The summed E-state index contributed by atoms with van der Waals surface area (Å²) in [6.45, 7) is 6.72. The zero-order chi connectivity index (χ0) is 12.0. The molecule has 0 spiro atoms. The highest BCUT2D eigenvalue weighted by molar-refractivity contribution is 9.10. The lowest BCUT2D eigenvalue weighted by Crippen LogP contribution is -2.16. The average Bonchev–Trinajstić information content (AvgIpc) is 2.16. The predicted octanol–water partition coefficient (Wildman–Crippen LogP) is 3.87. The average molecular weight is 286 g/mol. The molecule has 0 aliphatic heterocycles. The first-order valence-electron chi connectivity index (χ1n) is 5.82. The Labute approximate surface area is 106 Å². The largest absolute Gasteiger partial charge is 0.367 e. The molecule has 1 aromatic rings. The fraction of sp³-hybridized carbons (Fsp3) is 0.667. The van der Waals surface area contributed by atoms with Gasteiger partial charge in [0, 0.05) is 12.1 Å². The summed E-state index contributed by atoms with van der Waals surface area (Å²) >= 11 is 3.33. The molecule has 1 atom stereocenters. The molecule has 3 nitrogen and oxygen atoms in total. The first-order valence-corrected chi connectivity index (χ1v) is 6.61. The summed E-state index contributed by atoms with van der Waals surface area (Å²) in [4.78, 5) is 8.17. The number of anilines is 1. The molecule has 0 fully saturated rings. The topological polar surface area (TPSA) is 37.8 Å². The fourth-order valence-electron chi connectivity index (χ4n) is 1.57. The van der Waals surface area contributed by atoms with Crippen molar-refractivity contribution in [2.24, 2.45) is 5.92 Å². The summed E-state index contributed by atoms with van der Waals surface area (Å²) in [7, 11) is 0. The summed E-state index contributed by atoms with van der Waals surface area (Å²) < 4.78 is 0.819. The van der Waals surface area contributed by atoms with Gasteiger partial charge in [0.05, 0.1) is 0 Å². The van der Waals surface area contributed by atoms with Crippen molar-refractivity contribution in [3.63, 3.8) is 0 Å². The fourth-order valence-corrected chi connectivity index (χ4v) is 1.88. The Bertz CT molecular complexity index is 315. The summed E-state index contributed by atoms with van der Waals surface area (Å²) in [5.41, 5.74) is 0. The van der Waals surface area contributed by atoms with Crippen LogP contribution < -0.4 is 5.32 Å². The normalized spacial score (nSPS) is 12.8. The number of halogens is 1. The van der Waals surface area contributed by atoms with Crippen LogP contribution in [0.4, 0.5) is 5.82 Å². The van der Waals surface area contributed by atoms with E-state index in [9.17, 15) is 0 Å². The maximum atomic E-state index is 4.17. The minimum atomic E-state index is 0.459. The van der Waals surface area contributed by atoms with Crippen molar-refractivity contribution in [3.05, 3.63) is 17.0 Å². The summed E-state index contributed by atoms with van der Waals surface area (Å²) in [5, 5.41) is 3.38.